The number of unbranched alkanes of at least 4 members (excludes halogenated alkanes) is 2. The number of hydrogen-bond acceptors (Lipinski definition) is 6. The average molecular weight is 524 g/mol. The van der Waals surface area contributed by atoms with E-state index in [-0.39, 0.29) is 16.6 Å². The van der Waals surface area contributed by atoms with Gasteiger partial charge in [0.15, 0.2) is 5.72 Å². The molecule has 2 aromatic carbocycles. The van der Waals surface area contributed by atoms with Crippen molar-refractivity contribution < 1.29 is 14.3 Å². The van der Waals surface area contributed by atoms with Crippen molar-refractivity contribution >= 4 is 27.4 Å². The van der Waals surface area contributed by atoms with Gasteiger partial charge in [-0.2, -0.15) is 0 Å². The molecule has 0 amide bonds. The molecule has 0 fully saturated rings. The Morgan fingerprint density at radius 3 is 2.38 bits per heavy atom. The Balaban J connectivity index is 1.75. The van der Waals surface area contributed by atoms with Crippen molar-refractivity contribution in [1.82, 2.24) is 0 Å². The predicted molar refractivity (Wildman–Crippen MR) is 154 cm³/mol. The highest BCUT2D eigenvalue weighted by atomic mass is 32.1. The van der Waals surface area contributed by atoms with E-state index in [9.17, 15) is 9.59 Å². The van der Waals surface area contributed by atoms with Crippen LogP contribution in [-0.2, 0) is 16.0 Å². The van der Waals surface area contributed by atoms with Crippen molar-refractivity contribution in [1.29, 1.82) is 0 Å². The lowest BCUT2D eigenvalue weighted by Crippen LogP contribution is -2.49. The fourth-order valence-electron chi connectivity index (χ4n) is 4.51. The number of carbonyl (C=O) groups excluding carboxylic acids is 1. The summed E-state index contributed by atoms with van der Waals surface area (Å²) >= 11 is 1.21. The lowest BCUT2D eigenvalue weighted by atomic mass is 9.96. The van der Waals surface area contributed by atoms with Gasteiger partial charge in [0, 0.05) is 16.7 Å². The number of nitrogens with two attached hydrogens (primary N) is 1. The number of benzene rings is 2. The van der Waals surface area contributed by atoms with Gasteiger partial charge in [0.05, 0.1) is 5.92 Å². The number of carbonyl (C=O) groups is 1. The fourth-order valence-corrected chi connectivity index (χ4v) is 5.42. The minimum Gasteiger partial charge on any atom is -0.473 e. The number of hydrogen-bond donors (Lipinski definition) is 1. The van der Waals surface area contributed by atoms with Crippen molar-refractivity contribution in [3.8, 4) is 16.9 Å². The number of rotatable bonds is 12. The van der Waals surface area contributed by atoms with E-state index in [1.165, 1.54) is 36.2 Å². The summed E-state index contributed by atoms with van der Waals surface area (Å²) < 4.78 is 12.7. The van der Waals surface area contributed by atoms with Gasteiger partial charge in [0.2, 0.25) is 4.74 Å². The molecule has 0 saturated carbocycles. The monoisotopic (exact) mass is 523 g/mol. The minimum atomic E-state index is -1.07. The molecule has 0 spiro atoms. The molecule has 0 bridgehead atoms. The molecule has 6 heteroatoms. The Hall–Kier alpha value is -2.70. The first-order chi connectivity index (χ1) is 17.4. The molecule has 2 atom stereocenters. The third-order valence-corrected chi connectivity index (χ3v) is 7.54. The minimum absolute atomic E-state index is 0.0111. The van der Waals surface area contributed by atoms with Crippen molar-refractivity contribution in [2.24, 2.45) is 11.7 Å². The van der Waals surface area contributed by atoms with Crippen LogP contribution in [0, 0.1) is 5.92 Å². The van der Waals surface area contributed by atoms with E-state index < -0.39 is 11.3 Å². The molecule has 2 unspecified atom stereocenters. The van der Waals surface area contributed by atoms with Crippen LogP contribution in [0.1, 0.15) is 79.2 Å². The second-order valence-electron chi connectivity index (χ2n) is 10.9. The third-order valence-electron chi connectivity index (χ3n) is 6.56. The third kappa shape index (κ3) is 8.14. The van der Waals surface area contributed by atoms with Crippen molar-refractivity contribution in [2.45, 2.75) is 91.4 Å². The van der Waals surface area contributed by atoms with Crippen LogP contribution in [0.15, 0.2) is 53.3 Å². The highest BCUT2D eigenvalue weighted by Gasteiger charge is 2.35. The Kier molecular flexibility index (Phi) is 9.54. The topological polar surface area (TPSA) is 78.6 Å². The number of fused-ring (bicyclic) bond motifs is 1. The van der Waals surface area contributed by atoms with Gasteiger partial charge in [-0.15, -0.1) is 0 Å². The smallest absolute Gasteiger partial charge is 0.309 e. The molecule has 3 rings (SSSR count). The van der Waals surface area contributed by atoms with E-state index in [1.54, 1.807) is 6.92 Å². The number of ether oxygens (including phenoxy) is 2. The number of esters is 1. The summed E-state index contributed by atoms with van der Waals surface area (Å²) in [6.45, 7) is 11.5. The molecular weight excluding hydrogens is 482 g/mol. The van der Waals surface area contributed by atoms with Gasteiger partial charge >= 0.3 is 5.97 Å². The van der Waals surface area contributed by atoms with E-state index >= 15 is 0 Å². The molecule has 0 aliphatic carbocycles. The van der Waals surface area contributed by atoms with E-state index in [2.05, 4.69) is 19.1 Å². The summed E-state index contributed by atoms with van der Waals surface area (Å²) in [5.74, 6) is 0.170. The zero-order valence-corrected chi connectivity index (χ0v) is 23.9. The highest BCUT2D eigenvalue weighted by Crippen LogP contribution is 2.31. The highest BCUT2D eigenvalue weighted by molar-refractivity contribution is 7.16. The summed E-state index contributed by atoms with van der Waals surface area (Å²) in [7, 11) is 0. The molecule has 0 aliphatic heterocycles. The molecule has 2 N–H and O–H groups in total. The summed E-state index contributed by atoms with van der Waals surface area (Å²) in [5, 5.41) is 0.973. The van der Waals surface area contributed by atoms with E-state index in [0.717, 1.165) is 28.5 Å². The molecule has 37 heavy (non-hydrogen) atoms. The molecule has 5 nitrogen and oxygen atoms in total. The standard InChI is InChI=1S/C31H41NO4S/c1-7-9-10-11-22-12-14-23(15-13-22)26-18-24-16-17-25(19-27(24)37-29(26)34)35-31(6,32)20-30(4,5)36-28(33)21(3)8-2/h12-19,21H,7-11,20,32H2,1-6H3. The molecule has 1 heterocycles. The van der Waals surface area contributed by atoms with Gasteiger partial charge in [-0.1, -0.05) is 69.2 Å². The van der Waals surface area contributed by atoms with Gasteiger partial charge in [0.1, 0.15) is 11.4 Å². The van der Waals surface area contributed by atoms with Gasteiger partial charge in [-0.3, -0.25) is 15.3 Å². The maximum atomic E-state index is 13.0. The number of aryl methyl sites for hydroxylation is 1. The summed E-state index contributed by atoms with van der Waals surface area (Å²) in [6, 6.07) is 16.0. The first-order valence-corrected chi connectivity index (χ1v) is 14.1. The van der Waals surface area contributed by atoms with Crippen LogP contribution < -0.4 is 15.2 Å². The van der Waals surface area contributed by atoms with E-state index in [0.29, 0.717) is 17.7 Å². The van der Waals surface area contributed by atoms with E-state index in [4.69, 9.17) is 15.2 Å². The molecule has 0 radical (unpaired) electrons. The average Bonchev–Trinajstić information content (AvgIpc) is 2.82. The zero-order chi connectivity index (χ0) is 27.2. The van der Waals surface area contributed by atoms with E-state index in [1.807, 2.05) is 64.1 Å². The molecule has 0 aliphatic rings. The molecule has 1 aromatic heterocycles. The largest absolute Gasteiger partial charge is 0.473 e. The predicted octanol–water partition coefficient (Wildman–Crippen LogP) is 7.47. The molecule has 200 valence electrons. The Morgan fingerprint density at radius 2 is 1.73 bits per heavy atom. The van der Waals surface area contributed by atoms with Crippen molar-refractivity contribution in [2.75, 3.05) is 0 Å². The normalized spacial score (nSPS) is 14.2. The first-order valence-electron chi connectivity index (χ1n) is 13.3. The van der Waals surface area contributed by atoms with Crippen LogP contribution in [0.25, 0.3) is 21.2 Å². The molecular formula is C31H41NO4S. The summed E-state index contributed by atoms with van der Waals surface area (Å²) in [5.41, 5.74) is 7.56. The van der Waals surface area contributed by atoms with Crippen LogP contribution in [-0.4, -0.2) is 17.3 Å². The van der Waals surface area contributed by atoms with Crippen LogP contribution in [0.4, 0.5) is 0 Å². The second kappa shape index (κ2) is 12.2. The SMILES string of the molecule is CCCCCc1ccc(-c2cc3ccc(OC(C)(N)CC(C)(C)OC(=O)C(C)CC)cc3sc2=O)cc1. The van der Waals surface area contributed by atoms with Crippen LogP contribution >= 0.6 is 11.3 Å². The maximum Gasteiger partial charge on any atom is 0.309 e. The quantitative estimate of drug-likeness (QED) is 0.151. The Labute approximate surface area is 225 Å². The second-order valence-corrected chi connectivity index (χ2v) is 11.9. The van der Waals surface area contributed by atoms with Crippen molar-refractivity contribution in [3.63, 3.8) is 0 Å². The molecule has 0 saturated heterocycles. The van der Waals surface area contributed by atoms with Crippen LogP contribution in [0.5, 0.6) is 5.75 Å². The lowest BCUT2D eigenvalue weighted by Gasteiger charge is -2.35. The van der Waals surface area contributed by atoms with Crippen LogP contribution in [0.2, 0.25) is 0 Å². The van der Waals surface area contributed by atoms with Crippen molar-refractivity contribution in [3.05, 3.63) is 63.6 Å². The van der Waals surface area contributed by atoms with Gasteiger partial charge in [-0.05, 0) is 80.8 Å². The molecule has 3 aromatic rings. The van der Waals surface area contributed by atoms with Crippen LogP contribution in [0.3, 0.4) is 0 Å². The zero-order valence-electron chi connectivity index (χ0n) is 23.1. The maximum absolute atomic E-state index is 13.0. The van der Waals surface area contributed by atoms with Gasteiger partial charge in [-0.25, -0.2) is 0 Å². The Bertz CT molecular complexity index is 1260. The van der Waals surface area contributed by atoms with Gasteiger partial charge in [0.25, 0.3) is 0 Å². The lowest BCUT2D eigenvalue weighted by molar-refractivity contribution is -0.165. The first kappa shape index (κ1) is 28.9. The Morgan fingerprint density at radius 1 is 1.03 bits per heavy atom. The fraction of sp³-hybridized carbons (Fsp3) is 0.484. The van der Waals surface area contributed by atoms with Gasteiger partial charge < -0.3 is 9.47 Å². The summed E-state index contributed by atoms with van der Waals surface area (Å²) in [4.78, 5) is 25.3. The summed E-state index contributed by atoms with van der Waals surface area (Å²) in [6.07, 6.45) is 5.73.